The van der Waals surface area contributed by atoms with Crippen LogP contribution in [0, 0.1) is 22.9 Å². The minimum absolute atomic E-state index is 0.0681. The third kappa shape index (κ3) is 2.97. The molecule has 2 aromatic carbocycles. The van der Waals surface area contributed by atoms with Crippen molar-refractivity contribution in [2.75, 3.05) is 0 Å². The van der Waals surface area contributed by atoms with Gasteiger partial charge in [-0.2, -0.15) is 0 Å². The maximum atomic E-state index is 12.7. The standard InChI is InChI=1S/C14H11FN2O3/c1-9-6-13(17(19)20)7-10(14(9)18)8-16-12-4-2-11(15)3-5-12/h2-8,18H,1H3. The van der Waals surface area contributed by atoms with E-state index in [9.17, 15) is 19.6 Å². The number of non-ortho nitro benzene ring substituents is 1. The Morgan fingerprint density at radius 3 is 2.55 bits per heavy atom. The van der Waals surface area contributed by atoms with Crippen LogP contribution in [0.1, 0.15) is 11.1 Å². The molecule has 2 rings (SSSR count). The van der Waals surface area contributed by atoms with Gasteiger partial charge in [0.1, 0.15) is 11.6 Å². The number of phenolic OH excluding ortho intramolecular Hbond substituents is 1. The number of aromatic hydroxyl groups is 1. The lowest BCUT2D eigenvalue weighted by atomic mass is 10.1. The first-order valence-corrected chi connectivity index (χ1v) is 5.75. The van der Waals surface area contributed by atoms with E-state index in [0.717, 1.165) is 0 Å². The van der Waals surface area contributed by atoms with E-state index in [2.05, 4.69) is 4.99 Å². The molecule has 6 heteroatoms. The van der Waals surface area contributed by atoms with Crippen molar-refractivity contribution in [2.24, 2.45) is 4.99 Å². The number of aliphatic imine (C=N–C) groups is 1. The Kier molecular flexibility index (Phi) is 3.74. The van der Waals surface area contributed by atoms with Gasteiger partial charge in [0.2, 0.25) is 0 Å². The van der Waals surface area contributed by atoms with Crippen LogP contribution < -0.4 is 0 Å². The Hall–Kier alpha value is -2.76. The molecule has 0 aliphatic carbocycles. The van der Waals surface area contributed by atoms with Gasteiger partial charge in [0.25, 0.3) is 5.69 Å². The summed E-state index contributed by atoms with van der Waals surface area (Å²) in [4.78, 5) is 14.3. The highest BCUT2D eigenvalue weighted by Gasteiger charge is 2.12. The smallest absolute Gasteiger partial charge is 0.270 e. The molecule has 0 aliphatic rings. The fraction of sp³-hybridized carbons (Fsp3) is 0.0714. The van der Waals surface area contributed by atoms with Gasteiger partial charge in [-0.15, -0.1) is 0 Å². The number of rotatable bonds is 3. The molecule has 0 amide bonds. The number of nitro groups is 1. The molecule has 0 bridgehead atoms. The zero-order valence-electron chi connectivity index (χ0n) is 10.6. The Morgan fingerprint density at radius 1 is 1.30 bits per heavy atom. The summed E-state index contributed by atoms with van der Waals surface area (Å²) in [5, 5.41) is 20.6. The van der Waals surface area contributed by atoms with E-state index in [1.807, 2.05) is 0 Å². The quantitative estimate of drug-likeness (QED) is 0.528. The largest absolute Gasteiger partial charge is 0.507 e. The van der Waals surface area contributed by atoms with Crippen molar-refractivity contribution in [1.29, 1.82) is 0 Å². The van der Waals surface area contributed by atoms with Gasteiger partial charge in [0.15, 0.2) is 0 Å². The molecule has 2 aromatic rings. The van der Waals surface area contributed by atoms with Gasteiger partial charge in [0.05, 0.1) is 10.6 Å². The van der Waals surface area contributed by atoms with Gasteiger partial charge in [-0.05, 0) is 36.8 Å². The normalized spacial score (nSPS) is 10.9. The van der Waals surface area contributed by atoms with E-state index in [0.29, 0.717) is 11.3 Å². The molecule has 102 valence electrons. The molecule has 0 unspecified atom stereocenters. The van der Waals surface area contributed by atoms with Crippen molar-refractivity contribution in [2.45, 2.75) is 6.92 Å². The summed E-state index contributed by atoms with van der Waals surface area (Å²) >= 11 is 0. The fourth-order valence-corrected chi connectivity index (χ4v) is 1.66. The number of phenols is 1. The molecule has 0 saturated carbocycles. The van der Waals surface area contributed by atoms with Crippen LogP contribution in [0.5, 0.6) is 5.75 Å². The van der Waals surface area contributed by atoms with Gasteiger partial charge in [-0.25, -0.2) is 4.39 Å². The lowest BCUT2D eigenvalue weighted by Gasteiger charge is -2.03. The SMILES string of the molecule is Cc1cc([N+](=O)[O-])cc(C=Nc2ccc(F)cc2)c1O. The molecule has 0 spiro atoms. The fourth-order valence-electron chi connectivity index (χ4n) is 1.66. The molecule has 0 heterocycles. The first-order valence-electron chi connectivity index (χ1n) is 5.75. The van der Waals surface area contributed by atoms with Crippen LogP contribution >= 0.6 is 0 Å². The molecule has 0 fully saturated rings. The van der Waals surface area contributed by atoms with E-state index in [1.54, 1.807) is 6.92 Å². The van der Waals surface area contributed by atoms with Gasteiger partial charge in [0, 0.05) is 23.9 Å². The lowest BCUT2D eigenvalue weighted by Crippen LogP contribution is -1.93. The predicted octanol–water partition coefficient (Wildman–Crippen LogP) is 3.50. The Bertz CT molecular complexity index is 682. The van der Waals surface area contributed by atoms with Crippen molar-refractivity contribution in [3.63, 3.8) is 0 Å². The molecule has 20 heavy (non-hydrogen) atoms. The van der Waals surface area contributed by atoms with Gasteiger partial charge < -0.3 is 5.11 Å². The lowest BCUT2D eigenvalue weighted by molar-refractivity contribution is -0.384. The Labute approximate surface area is 114 Å². The van der Waals surface area contributed by atoms with Crippen LogP contribution in [0.3, 0.4) is 0 Å². The van der Waals surface area contributed by atoms with E-state index in [-0.39, 0.29) is 22.8 Å². The van der Waals surface area contributed by atoms with Crippen LogP contribution in [0.4, 0.5) is 15.8 Å². The third-order valence-electron chi connectivity index (χ3n) is 2.70. The van der Waals surface area contributed by atoms with Crippen LogP contribution in [0.25, 0.3) is 0 Å². The average molecular weight is 274 g/mol. The zero-order valence-corrected chi connectivity index (χ0v) is 10.6. The number of nitrogens with zero attached hydrogens (tertiary/aromatic N) is 2. The van der Waals surface area contributed by atoms with Crippen LogP contribution in [0.2, 0.25) is 0 Å². The molecule has 5 nitrogen and oxygen atoms in total. The molecule has 0 saturated heterocycles. The minimum Gasteiger partial charge on any atom is -0.507 e. The number of halogens is 1. The summed E-state index contributed by atoms with van der Waals surface area (Å²) in [6.45, 7) is 1.57. The summed E-state index contributed by atoms with van der Waals surface area (Å²) < 4.78 is 12.7. The second-order valence-electron chi connectivity index (χ2n) is 4.19. The van der Waals surface area contributed by atoms with Gasteiger partial charge in [-0.1, -0.05) is 0 Å². The topological polar surface area (TPSA) is 75.7 Å². The Balaban J connectivity index is 2.37. The summed E-state index contributed by atoms with van der Waals surface area (Å²) in [6, 6.07) is 7.95. The molecular weight excluding hydrogens is 263 g/mol. The van der Waals surface area contributed by atoms with E-state index in [4.69, 9.17) is 0 Å². The molecular formula is C14H11FN2O3. The number of hydrogen-bond acceptors (Lipinski definition) is 4. The molecule has 0 aromatic heterocycles. The highest BCUT2D eigenvalue weighted by Crippen LogP contribution is 2.27. The van der Waals surface area contributed by atoms with Gasteiger partial charge >= 0.3 is 0 Å². The van der Waals surface area contributed by atoms with Crippen LogP contribution in [-0.4, -0.2) is 16.2 Å². The maximum absolute atomic E-state index is 12.7. The highest BCUT2D eigenvalue weighted by atomic mass is 19.1. The van der Waals surface area contributed by atoms with Gasteiger partial charge in [-0.3, -0.25) is 15.1 Å². The monoisotopic (exact) mass is 274 g/mol. The number of nitro benzene ring substituents is 1. The second-order valence-corrected chi connectivity index (χ2v) is 4.19. The predicted molar refractivity (Wildman–Crippen MR) is 73.2 cm³/mol. The van der Waals surface area contributed by atoms with E-state index >= 15 is 0 Å². The first kappa shape index (κ1) is 13.7. The number of aryl methyl sites for hydroxylation is 1. The van der Waals surface area contributed by atoms with Crippen molar-refractivity contribution in [1.82, 2.24) is 0 Å². The van der Waals surface area contributed by atoms with Crippen LogP contribution in [0.15, 0.2) is 41.4 Å². The average Bonchev–Trinajstić information content (AvgIpc) is 2.42. The zero-order chi connectivity index (χ0) is 14.7. The molecule has 0 radical (unpaired) electrons. The third-order valence-corrected chi connectivity index (χ3v) is 2.70. The van der Waals surface area contributed by atoms with E-state index in [1.165, 1.54) is 42.6 Å². The van der Waals surface area contributed by atoms with Crippen molar-refractivity contribution < 1.29 is 14.4 Å². The summed E-state index contributed by atoms with van der Waals surface area (Å²) in [7, 11) is 0. The number of benzene rings is 2. The summed E-state index contributed by atoms with van der Waals surface area (Å²) in [5.41, 5.74) is 0.983. The van der Waals surface area contributed by atoms with Crippen molar-refractivity contribution in [3.05, 3.63) is 63.5 Å². The number of hydrogen-bond donors (Lipinski definition) is 1. The van der Waals surface area contributed by atoms with Crippen molar-refractivity contribution >= 4 is 17.6 Å². The highest BCUT2D eigenvalue weighted by molar-refractivity contribution is 5.87. The van der Waals surface area contributed by atoms with Crippen LogP contribution in [-0.2, 0) is 0 Å². The molecule has 0 aliphatic heterocycles. The molecule has 1 N–H and O–H groups in total. The summed E-state index contributed by atoms with van der Waals surface area (Å²) in [6.07, 6.45) is 1.31. The van der Waals surface area contributed by atoms with Crippen molar-refractivity contribution in [3.8, 4) is 5.75 Å². The second kappa shape index (κ2) is 5.48. The van der Waals surface area contributed by atoms with E-state index < -0.39 is 4.92 Å². The Morgan fingerprint density at radius 2 is 1.95 bits per heavy atom. The minimum atomic E-state index is -0.540. The maximum Gasteiger partial charge on any atom is 0.270 e. The summed E-state index contributed by atoms with van der Waals surface area (Å²) in [5.74, 6) is -0.445. The molecule has 0 atom stereocenters. The first-order chi connectivity index (χ1) is 9.47.